The molecule has 0 spiro atoms. The van der Waals surface area contributed by atoms with E-state index in [9.17, 15) is 9.59 Å². The summed E-state index contributed by atoms with van der Waals surface area (Å²) in [5.74, 6) is 0.164. The van der Waals surface area contributed by atoms with E-state index in [2.05, 4.69) is 42.0 Å². The first kappa shape index (κ1) is 21.8. The normalized spacial score (nSPS) is 19.9. The lowest BCUT2D eigenvalue weighted by molar-refractivity contribution is -0.119. The average Bonchev–Trinajstić information content (AvgIpc) is 2.85. The maximum absolute atomic E-state index is 13.6. The van der Waals surface area contributed by atoms with E-state index in [0.717, 1.165) is 51.9 Å². The molecular formula is C26H29BrN2O2. The lowest BCUT2D eigenvalue weighted by atomic mass is 9.73. The summed E-state index contributed by atoms with van der Waals surface area (Å²) in [6.07, 6.45) is 3.47. The van der Waals surface area contributed by atoms with E-state index in [1.165, 1.54) is 0 Å². The SMILES string of the molecule is CCCCC(=O)N1c2ccccc2NC2=C(C(=O)CC(C)(C)C2)C1c1cccc(Br)c1. The summed E-state index contributed by atoms with van der Waals surface area (Å²) in [7, 11) is 0. The van der Waals surface area contributed by atoms with Crippen molar-refractivity contribution in [1.29, 1.82) is 0 Å². The van der Waals surface area contributed by atoms with E-state index >= 15 is 0 Å². The molecule has 1 atom stereocenters. The van der Waals surface area contributed by atoms with Crippen LogP contribution in [0.1, 0.15) is 64.5 Å². The summed E-state index contributed by atoms with van der Waals surface area (Å²) >= 11 is 3.58. The van der Waals surface area contributed by atoms with Gasteiger partial charge in [-0.1, -0.05) is 67.4 Å². The molecule has 31 heavy (non-hydrogen) atoms. The van der Waals surface area contributed by atoms with E-state index in [4.69, 9.17) is 0 Å². The summed E-state index contributed by atoms with van der Waals surface area (Å²) < 4.78 is 0.933. The van der Waals surface area contributed by atoms with Crippen molar-refractivity contribution in [3.8, 4) is 0 Å². The van der Waals surface area contributed by atoms with Gasteiger partial charge in [0, 0.05) is 28.6 Å². The largest absolute Gasteiger partial charge is 0.357 e. The Balaban J connectivity index is 1.97. The third kappa shape index (κ3) is 4.33. The standard InChI is InChI=1S/C26H29BrN2O2/c1-4-5-13-23(31)29-21-12-7-6-11-19(21)28-20-15-26(2,3)16-22(30)24(20)25(29)17-9-8-10-18(27)14-17/h6-12,14,25,28H,4-5,13,15-16H2,1-3H3. The predicted octanol–water partition coefficient (Wildman–Crippen LogP) is 6.78. The van der Waals surface area contributed by atoms with Crippen LogP contribution in [0.2, 0.25) is 0 Å². The van der Waals surface area contributed by atoms with Gasteiger partial charge < -0.3 is 5.32 Å². The molecule has 1 aliphatic carbocycles. The number of nitrogens with zero attached hydrogens (tertiary/aromatic N) is 1. The van der Waals surface area contributed by atoms with Crippen LogP contribution in [0, 0.1) is 5.41 Å². The first-order valence-electron chi connectivity index (χ1n) is 11.0. The Kier molecular flexibility index (Phi) is 6.07. The fourth-order valence-electron chi connectivity index (χ4n) is 4.70. The van der Waals surface area contributed by atoms with Crippen molar-refractivity contribution in [3.63, 3.8) is 0 Å². The van der Waals surface area contributed by atoms with E-state index in [1.54, 1.807) is 0 Å². The van der Waals surface area contributed by atoms with Gasteiger partial charge in [0.25, 0.3) is 0 Å². The van der Waals surface area contributed by atoms with Crippen molar-refractivity contribution in [2.75, 3.05) is 10.2 Å². The van der Waals surface area contributed by atoms with Gasteiger partial charge in [-0.05, 0) is 48.1 Å². The van der Waals surface area contributed by atoms with Crippen molar-refractivity contribution in [3.05, 3.63) is 69.8 Å². The number of para-hydroxylation sites is 2. The summed E-state index contributed by atoms with van der Waals surface area (Å²) in [4.78, 5) is 29.0. The number of halogens is 1. The van der Waals surface area contributed by atoms with Gasteiger partial charge in [-0.15, -0.1) is 0 Å². The van der Waals surface area contributed by atoms with Gasteiger partial charge in [-0.25, -0.2) is 0 Å². The lowest BCUT2D eigenvalue weighted by Crippen LogP contribution is -2.39. The highest BCUT2D eigenvalue weighted by Crippen LogP contribution is 2.48. The third-order valence-corrected chi connectivity index (χ3v) is 6.57. The van der Waals surface area contributed by atoms with Gasteiger partial charge in [0.05, 0.1) is 17.4 Å². The molecule has 0 bridgehead atoms. The number of carbonyl (C=O) groups is 2. The molecule has 0 saturated heterocycles. The molecule has 0 radical (unpaired) electrons. The van der Waals surface area contributed by atoms with Crippen molar-refractivity contribution in [2.45, 2.75) is 58.9 Å². The summed E-state index contributed by atoms with van der Waals surface area (Å²) in [5.41, 5.74) is 4.18. The second-order valence-corrected chi connectivity index (χ2v) is 10.2. The van der Waals surface area contributed by atoms with Gasteiger partial charge in [0.2, 0.25) is 5.91 Å². The van der Waals surface area contributed by atoms with Crippen LogP contribution in [0.4, 0.5) is 11.4 Å². The smallest absolute Gasteiger partial charge is 0.227 e. The third-order valence-electron chi connectivity index (χ3n) is 6.08. The van der Waals surface area contributed by atoms with Crippen LogP contribution in [0.25, 0.3) is 0 Å². The highest BCUT2D eigenvalue weighted by atomic mass is 79.9. The molecule has 1 unspecified atom stereocenters. The number of anilines is 2. The molecule has 0 saturated carbocycles. The van der Waals surface area contributed by atoms with E-state index in [0.29, 0.717) is 12.8 Å². The average molecular weight is 481 g/mol. The zero-order chi connectivity index (χ0) is 22.2. The molecule has 1 aliphatic heterocycles. The lowest BCUT2D eigenvalue weighted by Gasteiger charge is -2.37. The fourth-order valence-corrected chi connectivity index (χ4v) is 5.12. The number of fused-ring (bicyclic) bond motifs is 1. The fraction of sp³-hybridized carbons (Fsp3) is 0.385. The minimum Gasteiger partial charge on any atom is -0.357 e. The maximum Gasteiger partial charge on any atom is 0.227 e. The van der Waals surface area contributed by atoms with Crippen LogP contribution >= 0.6 is 15.9 Å². The second-order valence-electron chi connectivity index (χ2n) is 9.30. The van der Waals surface area contributed by atoms with Crippen molar-refractivity contribution in [1.82, 2.24) is 0 Å². The Hall–Kier alpha value is -2.40. The molecule has 2 aliphatic rings. The number of hydrogen-bond donors (Lipinski definition) is 1. The molecule has 162 valence electrons. The van der Waals surface area contributed by atoms with E-state index < -0.39 is 6.04 Å². The maximum atomic E-state index is 13.6. The molecule has 0 aromatic heterocycles. The molecule has 2 aromatic carbocycles. The highest BCUT2D eigenvalue weighted by Gasteiger charge is 2.43. The number of ketones is 1. The number of carbonyl (C=O) groups excluding carboxylic acids is 2. The number of rotatable bonds is 4. The summed E-state index contributed by atoms with van der Waals surface area (Å²) in [6.45, 7) is 6.35. The van der Waals surface area contributed by atoms with Crippen molar-refractivity contribution >= 4 is 39.0 Å². The van der Waals surface area contributed by atoms with Crippen LogP contribution in [0.5, 0.6) is 0 Å². The molecule has 1 N–H and O–H groups in total. The van der Waals surface area contributed by atoms with Crippen LogP contribution in [-0.4, -0.2) is 11.7 Å². The van der Waals surface area contributed by atoms with Gasteiger partial charge in [-0.2, -0.15) is 0 Å². The second kappa shape index (κ2) is 8.62. The molecule has 1 amide bonds. The minimum atomic E-state index is -0.448. The quantitative estimate of drug-likeness (QED) is 0.524. The number of hydrogen-bond acceptors (Lipinski definition) is 3. The monoisotopic (exact) mass is 480 g/mol. The van der Waals surface area contributed by atoms with Crippen LogP contribution in [-0.2, 0) is 9.59 Å². The molecule has 4 rings (SSSR count). The Morgan fingerprint density at radius 3 is 2.68 bits per heavy atom. The first-order valence-corrected chi connectivity index (χ1v) is 11.8. The zero-order valence-electron chi connectivity index (χ0n) is 18.4. The summed E-state index contributed by atoms with van der Waals surface area (Å²) in [6, 6.07) is 15.4. The van der Waals surface area contributed by atoms with Gasteiger partial charge in [-0.3, -0.25) is 14.5 Å². The number of allylic oxidation sites excluding steroid dienone is 1. The zero-order valence-corrected chi connectivity index (χ0v) is 20.0. The molecule has 0 fully saturated rings. The molecule has 1 heterocycles. The molecule has 2 aromatic rings. The van der Waals surface area contributed by atoms with Gasteiger partial charge in [0.1, 0.15) is 0 Å². The predicted molar refractivity (Wildman–Crippen MR) is 129 cm³/mol. The summed E-state index contributed by atoms with van der Waals surface area (Å²) in [5, 5.41) is 3.56. The van der Waals surface area contributed by atoms with Crippen LogP contribution < -0.4 is 10.2 Å². The van der Waals surface area contributed by atoms with Crippen molar-refractivity contribution < 1.29 is 9.59 Å². The number of amides is 1. The first-order chi connectivity index (χ1) is 14.8. The number of nitrogens with one attached hydrogen (secondary N) is 1. The number of benzene rings is 2. The Labute approximate surface area is 192 Å². The Bertz CT molecular complexity index is 1060. The van der Waals surface area contributed by atoms with Gasteiger partial charge >= 0.3 is 0 Å². The van der Waals surface area contributed by atoms with Gasteiger partial charge in [0.15, 0.2) is 5.78 Å². The highest BCUT2D eigenvalue weighted by molar-refractivity contribution is 9.10. The molecular weight excluding hydrogens is 452 g/mol. The topological polar surface area (TPSA) is 49.4 Å². The van der Waals surface area contributed by atoms with E-state index in [-0.39, 0.29) is 17.1 Å². The minimum absolute atomic E-state index is 0.0486. The number of unbranched alkanes of at least 4 members (excludes halogenated alkanes) is 1. The van der Waals surface area contributed by atoms with Crippen molar-refractivity contribution in [2.24, 2.45) is 5.41 Å². The van der Waals surface area contributed by atoms with E-state index in [1.807, 2.05) is 53.4 Å². The molecule has 5 heteroatoms. The molecule has 4 nitrogen and oxygen atoms in total. The van der Waals surface area contributed by atoms with Crippen LogP contribution in [0.3, 0.4) is 0 Å². The van der Waals surface area contributed by atoms with Crippen LogP contribution in [0.15, 0.2) is 64.3 Å². The number of Topliss-reactive ketones (excluding diaryl/α,β-unsaturated/α-hetero) is 1. The Morgan fingerprint density at radius 1 is 1.16 bits per heavy atom. The Morgan fingerprint density at radius 2 is 1.94 bits per heavy atom.